The molecule has 0 aliphatic carbocycles. The van der Waals surface area contributed by atoms with Gasteiger partial charge in [0.15, 0.2) is 5.84 Å². The number of thiophene rings is 1. The van der Waals surface area contributed by atoms with Gasteiger partial charge >= 0.3 is 0 Å². The first-order chi connectivity index (χ1) is 4.75. The van der Waals surface area contributed by atoms with Gasteiger partial charge in [-0.1, -0.05) is 11.6 Å². The van der Waals surface area contributed by atoms with Gasteiger partial charge in [-0.2, -0.15) is 5.10 Å². The second-order valence-corrected chi connectivity index (χ2v) is 2.94. The lowest BCUT2D eigenvalue weighted by atomic mass is 10.4. The first kappa shape index (κ1) is 7.37. The molecule has 1 aromatic rings. The molecule has 0 aliphatic rings. The van der Waals surface area contributed by atoms with Crippen LogP contribution >= 0.6 is 22.9 Å². The summed E-state index contributed by atoms with van der Waals surface area (Å²) < 4.78 is 0. The van der Waals surface area contributed by atoms with Crippen LogP contribution in [0.25, 0.3) is 0 Å². The van der Waals surface area contributed by atoms with Crippen molar-refractivity contribution in [2.75, 3.05) is 0 Å². The summed E-state index contributed by atoms with van der Waals surface area (Å²) >= 11 is 7.12. The zero-order chi connectivity index (χ0) is 7.56. The first-order valence-corrected chi connectivity index (χ1v) is 3.78. The van der Waals surface area contributed by atoms with E-state index >= 15 is 0 Å². The lowest BCUT2D eigenvalue weighted by Gasteiger charge is -1.92. The highest BCUT2D eigenvalue weighted by atomic mass is 35.5. The third-order valence-electron chi connectivity index (χ3n) is 0.989. The van der Waals surface area contributed by atoms with Crippen LogP contribution in [-0.2, 0) is 0 Å². The van der Waals surface area contributed by atoms with Crippen LogP contribution in [0.4, 0.5) is 0 Å². The molecule has 10 heavy (non-hydrogen) atoms. The van der Waals surface area contributed by atoms with E-state index in [4.69, 9.17) is 23.2 Å². The second-order valence-electron chi connectivity index (χ2n) is 1.61. The summed E-state index contributed by atoms with van der Waals surface area (Å²) in [5.41, 5.74) is 5.39. The Hall–Kier alpha value is -0.740. The zero-order valence-electron chi connectivity index (χ0n) is 5.04. The quantitative estimate of drug-likeness (QED) is 0.289. The van der Waals surface area contributed by atoms with Gasteiger partial charge in [0.05, 0.1) is 9.90 Å². The van der Waals surface area contributed by atoms with Crippen molar-refractivity contribution >= 4 is 28.8 Å². The van der Waals surface area contributed by atoms with Crippen LogP contribution in [0, 0.1) is 0 Å². The summed E-state index contributed by atoms with van der Waals surface area (Å²) in [6.45, 7) is 0. The maximum Gasteiger partial charge on any atom is 0.161 e. The van der Waals surface area contributed by atoms with Gasteiger partial charge < -0.3 is 11.6 Å². The molecule has 4 N–H and O–H groups in total. The van der Waals surface area contributed by atoms with Crippen molar-refractivity contribution in [1.29, 1.82) is 0 Å². The summed E-state index contributed by atoms with van der Waals surface area (Å²) in [4.78, 5) is 0.726. The fourth-order valence-electron chi connectivity index (χ4n) is 0.535. The molecule has 0 amide bonds. The molecule has 1 rings (SSSR count). The summed E-state index contributed by atoms with van der Waals surface area (Å²) in [7, 11) is 0. The average molecular weight is 176 g/mol. The van der Waals surface area contributed by atoms with E-state index in [1.807, 2.05) is 5.38 Å². The molecule has 5 heteroatoms. The van der Waals surface area contributed by atoms with E-state index in [-0.39, 0.29) is 5.84 Å². The van der Waals surface area contributed by atoms with E-state index in [1.54, 1.807) is 6.07 Å². The third kappa shape index (κ3) is 1.22. The number of nitrogens with zero attached hydrogens (tertiary/aromatic N) is 1. The Morgan fingerprint density at radius 2 is 2.40 bits per heavy atom. The van der Waals surface area contributed by atoms with Crippen LogP contribution < -0.4 is 11.6 Å². The molecule has 0 atom stereocenters. The molecule has 0 spiro atoms. The van der Waals surface area contributed by atoms with Crippen LogP contribution in [-0.4, -0.2) is 5.84 Å². The fourth-order valence-corrected chi connectivity index (χ4v) is 1.60. The molecule has 1 heterocycles. The van der Waals surface area contributed by atoms with Crippen molar-refractivity contribution in [3.05, 3.63) is 21.3 Å². The SMILES string of the molecule is N/N=C(/N)c1sccc1Cl. The number of halogens is 1. The van der Waals surface area contributed by atoms with Crippen molar-refractivity contribution in [2.24, 2.45) is 16.7 Å². The standard InChI is InChI=1S/C5H6ClN3S/c6-3-1-2-10-4(3)5(7)9-8/h1-2H,8H2,(H2,7,9). The molecule has 0 aromatic carbocycles. The smallest absolute Gasteiger partial charge is 0.161 e. The number of hydrogen-bond donors (Lipinski definition) is 2. The second kappa shape index (κ2) is 2.90. The molecule has 0 unspecified atom stereocenters. The van der Waals surface area contributed by atoms with Crippen LogP contribution in [0.2, 0.25) is 5.02 Å². The minimum absolute atomic E-state index is 0.278. The fraction of sp³-hybridized carbons (Fsp3) is 0. The normalized spacial score (nSPS) is 11.9. The van der Waals surface area contributed by atoms with Crippen molar-refractivity contribution < 1.29 is 0 Å². The lowest BCUT2D eigenvalue weighted by molar-refractivity contribution is 1.23. The van der Waals surface area contributed by atoms with E-state index in [0.29, 0.717) is 5.02 Å². The molecule has 0 radical (unpaired) electrons. The van der Waals surface area contributed by atoms with Crippen LogP contribution in [0.5, 0.6) is 0 Å². The number of rotatable bonds is 1. The minimum atomic E-state index is 0.278. The maximum atomic E-state index is 5.71. The lowest BCUT2D eigenvalue weighted by Crippen LogP contribution is -2.13. The Bertz CT molecular complexity index is 255. The summed E-state index contributed by atoms with van der Waals surface area (Å²) in [5.74, 6) is 5.22. The van der Waals surface area contributed by atoms with E-state index in [2.05, 4.69) is 5.10 Å². The largest absolute Gasteiger partial charge is 0.381 e. The van der Waals surface area contributed by atoms with Gasteiger partial charge in [0.25, 0.3) is 0 Å². The maximum absolute atomic E-state index is 5.71. The highest BCUT2D eigenvalue weighted by Gasteiger charge is 2.04. The topological polar surface area (TPSA) is 64.4 Å². The van der Waals surface area contributed by atoms with Gasteiger partial charge in [0.2, 0.25) is 0 Å². The highest BCUT2D eigenvalue weighted by molar-refractivity contribution is 7.12. The molecule has 0 bridgehead atoms. The molecule has 1 aromatic heterocycles. The van der Waals surface area contributed by atoms with E-state index in [9.17, 15) is 0 Å². The van der Waals surface area contributed by atoms with Crippen molar-refractivity contribution in [2.45, 2.75) is 0 Å². The molecular formula is C5H6ClN3S. The van der Waals surface area contributed by atoms with Gasteiger partial charge in [-0.05, 0) is 11.4 Å². The monoisotopic (exact) mass is 175 g/mol. The van der Waals surface area contributed by atoms with Crippen molar-refractivity contribution in [3.8, 4) is 0 Å². The summed E-state index contributed by atoms with van der Waals surface area (Å²) in [5, 5.41) is 5.74. The number of amidine groups is 1. The molecule has 3 nitrogen and oxygen atoms in total. The van der Waals surface area contributed by atoms with Crippen molar-refractivity contribution in [3.63, 3.8) is 0 Å². The van der Waals surface area contributed by atoms with Crippen LogP contribution in [0.3, 0.4) is 0 Å². The third-order valence-corrected chi connectivity index (χ3v) is 2.35. The van der Waals surface area contributed by atoms with Crippen LogP contribution in [0.15, 0.2) is 16.5 Å². The predicted molar refractivity (Wildman–Crippen MR) is 44.2 cm³/mol. The Kier molecular flexibility index (Phi) is 2.13. The van der Waals surface area contributed by atoms with Crippen LogP contribution in [0.1, 0.15) is 4.88 Å². The Balaban J connectivity index is 3.05. The average Bonchev–Trinajstić information content (AvgIpc) is 2.34. The Morgan fingerprint density at radius 3 is 2.80 bits per heavy atom. The van der Waals surface area contributed by atoms with E-state index in [0.717, 1.165) is 4.88 Å². The number of nitrogens with two attached hydrogens (primary N) is 2. The van der Waals surface area contributed by atoms with Gasteiger partial charge in [-0.3, -0.25) is 0 Å². The Labute approximate surface area is 67.3 Å². The highest BCUT2D eigenvalue weighted by Crippen LogP contribution is 2.20. The number of hydrogen-bond acceptors (Lipinski definition) is 3. The summed E-state index contributed by atoms with van der Waals surface area (Å²) in [6.07, 6.45) is 0. The molecule has 0 fully saturated rings. The van der Waals surface area contributed by atoms with E-state index in [1.165, 1.54) is 11.3 Å². The molecule has 0 saturated carbocycles. The molecule has 54 valence electrons. The molecule has 0 saturated heterocycles. The number of hydrazone groups is 1. The first-order valence-electron chi connectivity index (χ1n) is 2.52. The Morgan fingerprint density at radius 1 is 1.70 bits per heavy atom. The van der Waals surface area contributed by atoms with Gasteiger partial charge in [-0.25, -0.2) is 0 Å². The van der Waals surface area contributed by atoms with Gasteiger partial charge in [0, 0.05) is 0 Å². The van der Waals surface area contributed by atoms with Gasteiger partial charge in [0.1, 0.15) is 0 Å². The summed E-state index contributed by atoms with van der Waals surface area (Å²) in [6, 6.07) is 1.75. The molecule has 0 aliphatic heterocycles. The zero-order valence-corrected chi connectivity index (χ0v) is 6.62. The van der Waals surface area contributed by atoms with Crippen molar-refractivity contribution in [1.82, 2.24) is 0 Å². The van der Waals surface area contributed by atoms with E-state index < -0.39 is 0 Å². The predicted octanol–water partition coefficient (Wildman–Crippen LogP) is 0.980. The van der Waals surface area contributed by atoms with Gasteiger partial charge in [-0.15, -0.1) is 11.3 Å². The minimum Gasteiger partial charge on any atom is -0.381 e. The molecular weight excluding hydrogens is 170 g/mol.